The summed E-state index contributed by atoms with van der Waals surface area (Å²) >= 11 is 0. The minimum absolute atomic E-state index is 0.341. The minimum Gasteiger partial charge on any atom is -0.489 e. The molecule has 106 valence electrons. The molecule has 0 bridgehead atoms. The second-order valence-electron chi connectivity index (χ2n) is 4.77. The van der Waals surface area contributed by atoms with Gasteiger partial charge in [-0.25, -0.2) is 0 Å². The lowest BCUT2D eigenvalue weighted by molar-refractivity contribution is 0.356. The van der Waals surface area contributed by atoms with Crippen LogP contribution in [0.25, 0.3) is 0 Å². The van der Waals surface area contributed by atoms with Gasteiger partial charge < -0.3 is 14.5 Å². The van der Waals surface area contributed by atoms with E-state index in [4.69, 9.17) is 9.15 Å². The van der Waals surface area contributed by atoms with Crippen LogP contribution in [0.4, 0.5) is 0 Å². The van der Waals surface area contributed by atoms with Gasteiger partial charge in [0.2, 0.25) is 0 Å². The lowest BCUT2D eigenvalue weighted by Gasteiger charge is -2.15. The molecular weight excluding hydrogens is 250 g/mol. The minimum atomic E-state index is 0.341. The predicted molar refractivity (Wildman–Crippen MR) is 80.8 cm³/mol. The Bertz CT molecular complexity index is 520. The molecule has 1 unspecified atom stereocenters. The van der Waals surface area contributed by atoms with Crippen molar-refractivity contribution < 1.29 is 9.15 Å². The highest BCUT2D eigenvalue weighted by molar-refractivity contribution is 5.33. The molecule has 0 radical (unpaired) electrons. The van der Waals surface area contributed by atoms with E-state index in [0.29, 0.717) is 12.6 Å². The maximum absolute atomic E-state index is 5.65. The summed E-state index contributed by atoms with van der Waals surface area (Å²) in [6.45, 7) is 7.12. The monoisotopic (exact) mass is 271 g/mol. The van der Waals surface area contributed by atoms with Gasteiger partial charge in [0.15, 0.2) is 0 Å². The summed E-state index contributed by atoms with van der Waals surface area (Å²) in [5, 5.41) is 3.49. The quantitative estimate of drug-likeness (QED) is 0.745. The van der Waals surface area contributed by atoms with Crippen molar-refractivity contribution in [3.63, 3.8) is 0 Å². The lowest BCUT2D eigenvalue weighted by Crippen LogP contribution is -2.27. The molecule has 0 saturated heterocycles. The second-order valence-corrected chi connectivity index (χ2v) is 4.77. The van der Waals surface area contributed by atoms with Crippen LogP contribution in [0.15, 0.2) is 59.7 Å². The van der Waals surface area contributed by atoms with Crippen LogP contribution in [0, 0.1) is 0 Å². The van der Waals surface area contributed by atoms with E-state index in [1.807, 2.05) is 30.3 Å². The van der Waals surface area contributed by atoms with E-state index in [9.17, 15) is 0 Å². The van der Waals surface area contributed by atoms with Gasteiger partial charge in [0.05, 0.1) is 6.26 Å². The third kappa shape index (κ3) is 4.28. The van der Waals surface area contributed by atoms with Gasteiger partial charge in [-0.1, -0.05) is 30.9 Å². The van der Waals surface area contributed by atoms with Crippen molar-refractivity contribution in [2.24, 2.45) is 0 Å². The fraction of sp³-hybridized carbons (Fsp3) is 0.294. The van der Waals surface area contributed by atoms with Crippen molar-refractivity contribution in [3.05, 3.63) is 66.6 Å². The summed E-state index contributed by atoms with van der Waals surface area (Å²) in [4.78, 5) is 0. The molecule has 3 heteroatoms. The summed E-state index contributed by atoms with van der Waals surface area (Å²) < 4.78 is 11.0. The molecule has 0 saturated carbocycles. The number of hydrogen-bond acceptors (Lipinski definition) is 3. The van der Waals surface area contributed by atoms with Crippen molar-refractivity contribution in [3.8, 4) is 5.75 Å². The van der Waals surface area contributed by atoms with Crippen LogP contribution in [-0.4, -0.2) is 12.6 Å². The Balaban J connectivity index is 1.88. The molecule has 0 aliphatic rings. The fourth-order valence-electron chi connectivity index (χ4n) is 2.03. The molecule has 1 aromatic carbocycles. The van der Waals surface area contributed by atoms with Gasteiger partial charge in [-0.2, -0.15) is 0 Å². The van der Waals surface area contributed by atoms with E-state index in [1.165, 1.54) is 0 Å². The van der Waals surface area contributed by atoms with Gasteiger partial charge in [-0.05, 0) is 25.1 Å². The first kappa shape index (κ1) is 14.4. The molecule has 3 nitrogen and oxygen atoms in total. The highest BCUT2D eigenvalue weighted by atomic mass is 16.5. The van der Waals surface area contributed by atoms with E-state index in [1.54, 1.807) is 12.3 Å². The molecule has 0 fully saturated rings. The van der Waals surface area contributed by atoms with Crippen molar-refractivity contribution in [1.82, 2.24) is 5.32 Å². The maximum atomic E-state index is 5.65. The van der Waals surface area contributed by atoms with Crippen molar-refractivity contribution in [2.75, 3.05) is 6.61 Å². The summed E-state index contributed by atoms with van der Waals surface area (Å²) in [6, 6.07) is 12.3. The largest absolute Gasteiger partial charge is 0.489 e. The molecule has 1 atom stereocenters. The SMILES string of the molecule is C=CCOc1ccccc1CNC(C)Cc1ccco1. The Morgan fingerprint density at radius 2 is 2.15 bits per heavy atom. The molecule has 1 heterocycles. The Kier molecular flexibility index (Phi) is 5.44. The Hall–Kier alpha value is -2.00. The fourth-order valence-corrected chi connectivity index (χ4v) is 2.03. The third-order valence-electron chi connectivity index (χ3n) is 3.06. The number of benzene rings is 1. The zero-order valence-electron chi connectivity index (χ0n) is 11.8. The van der Waals surface area contributed by atoms with E-state index in [2.05, 4.69) is 24.9 Å². The normalized spacial score (nSPS) is 12.1. The highest BCUT2D eigenvalue weighted by Crippen LogP contribution is 2.18. The molecule has 20 heavy (non-hydrogen) atoms. The number of ether oxygens (including phenoxy) is 1. The number of furan rings is 1. The maximum Gasteiger partial charge on any atom is 0.124 e. The Morgan fingerprint density at radius 1 is 1.30 bits per heavy atom. The third-order valence-corrected chi connectivity index (χ3v) is 3.06. The summed E-state index contributed by atoms with van der Waals surface area (Å²) in [5.41, 5.74) is 1.15. The molecule has 0 aliphatic carbocycles. The standard InChI is InChI=1S/C17H21NO2/c1-3-10-20-17-9-5-4-7-15(17)13-18-14(2)12-16-8-6-11-19-16/h3-9,11,14,18H,1,10,12-13H2,2H3. The van der Waals surface area contributed by atoms with Gasteiger partial charge in [0.25, 0.3) is 0 Å². The van der Waals surface area contributed by atoms with Gasteiger partial charge in [0.1, 0.15) is 18.1 Å². The smallest absolute Gasteiger partial charge is 0.124 e. The second kappa shape index (κ2) is 7.56. The van der Waals surface area contributed by atoms with E-state index in [-0.39, 0.29) is 0 Å². The van der Waals surface area contributed by atoms with E-state index >= 15 is 0 Å². The number of nitrogens with one attached hydrogen (secondary N) is 1. The van der Waals surface area contributed by atoms with Crippen LogP contribution in [0.1, 0.15) is 18.2 Å². The predicted octanol–water partition coefficient (Wildman–Crippen LogP) is 3.57. The Morgan fingerprint density at radius 3 is 2.90 bits per heavy atom. The van der Waals surface area contributed by atoms with E-state index < -0.39 is 0 Å². The van der Waals surface area contributed by atoms with Gasteiger partial charge in [0, 0.05) is 24.6 Å². The van der Waals surface area contributed by atoms with Crippen LogP contribution >= 0.6 is 0 Å². The zero-order valence-corrected chi connectivity index (χ0v) is 11.8. The average molecular weight is 271 g/mol. The average Bonchev–Trinajstić information content (AvgIpc) is 2.96. The van der Waals surface area contributed by atoms with Crippen molar-refractivity contribution >= 4 is 0 Å². The summed E-state index contributed by atoms with van der Waals surface area (Å²) in [5.74, 6) is 1.91. The first-order valence-corrected chi connectivity index (χ1v) is 6.87. The van der Waals surface area contributed by atoms with Gasteiger partial charge in [-0.15, -0.1) is 0 Å². The van der Waals surface area contributed by atoms with Gasteiger partial charge in [-0.3, -0.25) is 0 Å². The van der Waals surface area contributed by atoms with Crippen LogP contribution in [0.2, 0.25) is 0 Å². The number of para-hydroxylation sites is 1. The van der Waals surface area contributed by atoms with Gasteiger partial charge >= 0.3 is 0 Å². The summed E-state index contributed by atoms with van der Waals surface area (Å²) in [7, 11) is 0. The van der Waals surface area contributed by atoms with E-state index in [0.717, 1.165) is 30.0 Å². The van der Waals surface area contributed by atoms with Crippen LogP contribution in [0.3, 0.4) is 0 Å². The van der Waals surface area contributed by atoms with Crippen LogP contribution in [-0.2, 0) is 13.0 Å². The molecule has 1 N–H and O–H groups in total. The van der Waals surface area contributed by atoms with Crippen LogP contribution < -0.4 is 10.1 Å². The molecule has 2 aromatic rings. The lowest BCUT2D eigenvalue weighted by atomic mass is 10.1. The van der Waals surface area contributed by atoms with Crippen molar-refractivity contribution in [2.45, 2.75) is 25.9 Å². The molecule has 0 spiro atoms. The first-order valence-electron chi connectivity index (χ1n) is 6.87. The number of rotatable bonds is 8. The topological polar surface area (TPSA) is 34.4 Å². The Labute approximate surface area is 120 Å². The summed E-state index contributed by atoms with van der Waals surface area (Å²) in [6.07, 6.45) is 4.34. The molecule has 2 rings (SSSR count). The van der Waals surface area contributed by atoms with Crippen molar-refractivity contribution in [1.29, 1.82) is 0 Å². The highest BCUT2D eigenvalue weighted by Gasteiger charge is 2.07. The number of hydrogen-bond donors (Lipinski definition) is 1. The zero-order chi connectivity index (χ0) is 14.2. The molecule has 0 aliphatic heterocycles. The van der Waals surface area contributed by atoms with Crippen LogP contribution in [0.5, 0.6) is 5.75 Å². The molecular formula is C17H21NO2. The molecule has 1 aromatic heterocycles. The first-order chi connectivity index (χ1) is 9.79. The molecule has 0 amide bonds.